The van der Waals surface area contributed by atoms with Crippen LogP contribution in [0.1, 0.15) is 11.7 Å². The first-order valence-corrected chi connectivity index (χ1v) is 13.4. The highest BCUT2D eigenvalue weighted by Gasteiger charge is 2.54. The number of aliphatic hydroxyl groups is 1. The van der Waals surface area contributed by atoms with Crippen LogP contribution in [0.5, 0.6) is 0 Å². The summed E-state index contributed by atoms with van der Waals surface area (Å²) in [5, 5.41) is 32.2. The molecule has 3 atom stereocenters. The van der Waals surface area contributed by atoms with Crippen molar-refractivity contribution in [2.75, 3.05) is 11.5 Å². The maximum Gasteiger partial charge on any atom is 0.352 e. The minimum atomic E-state index is -4.65. The lowest BCUT2D eigenvalue weighted by Crippen LogP contribution is -2.70. The molecule has 0 unspecified atom stereocenters. The van der Waals surface area contributed by atoms with Crippen LogP contribution in [-0.4, -0.2) is 89.0 Å². The number of nitrogens with zero attached hydrogens (tertiary/aromatic N) is 5. The van der Waals surface area contributed by atoms with Crippen molar-refractivity contribution in [3.63, 3.8) is 0 Å². The largest absolute Gasteiger partial charge is 0.747 e. The Morgan fingerprint density at radius 1 is 1.31 bits per heavy atom. The van der Waals surface area contributed by atoms with Crippen molar-refractivity contribution >= 4 is 51.4 Å². The number of amides is 2. The fraction of sp³-hybridized carbons (Fsp3) is 0.333. The average molecular weight is 542 g/mol. The molecule has 2 aliphatic heterocycles. The molecule has 0 bridgehead atoms. The first-order chi connectivity index (χ1) is 16.6. The molecule has 3 heterocycles. The van der Waals surface area contributed by atoms with Gasteiger partial charge in [0.1, 0.15) is 33.1 Å². The number of carbonyl (C=O) groups is 3. The number of rotatable bonds is 9. The Morgan fingerprint density at radius 2 is 2.03 bits per heavy atom. The van der Waals surface area contributed by atoms with Crippen molar-refractivity contribution < 1.29 is 37.6 Å². The molecular weight excluding hydrogens is 524 g/mol. The summed E-state index contributed by atoms with van der Waals surface area (Å²) < 4.78 is 33.8. The first kappa shape index (κ1) is 25.1. The van der Waals surface area contributed by atoms with Crippen LogP contribution in [0.4, 0.5) is 0 Å². The lowest BCUT2D eigenvalue weighted by atomic mass is 10.0. The smallest absolute Gasteiger partial charge is 0.352 e. The molecule has 0 spiro atoms. The Morgan fingerprint density at radius 3 is 2.69 bits per heavy atom. The third kappa shape index (κ3) is 5.32. The highest BCUT2D eigenvalue weighted by atomic mass is 32.2. The van der Waals surface area contributed by atoms with Gasteiger partial charge in [0.2, 0.25) is 5.16 Å². The lowest BCUT2D eigenvalue weighted by Gasteiger charge is -2.49. The number of tetrazole rings is 1. The maximum absolute atomic E-state index is 12.8. The van der Waals surface area contributed by atoms with Gasteiger partial charge in [0, 0.05) is 11.5 Å². The van der Waals surface area contributed by atoms with Crippen molar-refractivity contribution in [2.24, 2.45) is 0 Å². The highest BCUT2D eigenvalue weighted by Crippen LogP contribution is 2.41. The quantitative estimate of drug-likeness (QED) is 0.193. The van der Waals surface area contributed by atoms with E-state index in [4.69, 9.17) is 0 Å². The molecular formula is C18H17N6O8S3-. The number of hydrogen-bond acceptors (Lipinski definition) is 12. The van der Waals surface area contributed by atoms with Crippen molar-refractivity contribution in [3.05, 3.63) is 47.2 Å². The maximum atomic E-state index is 12.8. The number of hydrogen-bond donors (Lipinski definition) is 3. The van der Waals surface area contributed by atoms with Gasteiger partial charge in [-0.25, -0.2) is 17.9 Å². The summed E-state index contributed by atoms with van der Waals surface area (Å²) in [5.74, 6) is -3.55. The predicted molar refractivity (Wildman–Crippen MR) is 119 cm³/mol. The Kier molecular flexibility index (Phi) is 7.13. The van der Waals surface area contributed by atoms with Crippen LogP contribution in [-0.2, 0) is 30.4 Å². The van der Waals surface area contributed by atoms with Crippen molar-refractivity contribution in [1.29, 1.82) is 0 Å². The van der Waals surface area contributed by atoms with E-state index in [0.29, 0.717) is 11.1 Å². The van der Waals surface area contributed by atoms with Crippen LogP contribution in [0, 0.1) is 0 Å². The van der Waals surface area contributed by atoms with Gasteiger partial charge in [0.15, 0.2) is 6.10 Å². The standard InChI is InChI=1S/C18H18N6O8S3/c25-13(9-4-2-1-3-5-9)14(26)19-11-15(27)24-12(17(28)29)10(6-33-16(11)24)7-34-18-20-21-22-23(18)8-35(30,31)32/h1-5,11,13,16,25H,6-8H2,(H,19,26)(H,28,29)(H,30,31,32)/p-1/t11-,13-,16-/m1/s1. The van der Waals surface area contributed by atoms with Crippen LogP contribution >= 0.6 is 23.5 Å². The van der Waals surface area contributed by atoms with Crippen molar-refractivity contribution in [2.45, 2.75) is 28.6 Å². The number of aromatic nitrogens is 4. The fourth-order valence-corrected chi connectivity index (χ4v) is 6.41. The number of β-lactam (4-membered cyclic amide) rings is 1. The molecule has 186 valence electrons. The zero-order valence-corrected chi connectivity index (χ0v) is 20.0. The molecule has 35 heavy (non-hydrogen) atoms. The van der Waals surface area contributed by atoms with E-state index in [1.165, 1.54) is 11.8 Å². The topological polar surface area (TPSA) is 208 Å². The summed E-state index contributed by atoms with van der Waals surface area (Å²) in [6.45, 7) is 0. The van der Waals surface area contributed by atoms with Crippen LogP contribution in [0.15, 0.2) is 46.8 Å². The summed E-state index contributed by atoms with van der Waals surface area (Å²) >= 11 is 2.14. The van der Waals surface area contributed by atoms with E-state index in [1.807, 2.05) is 0 Å². The van der Waals surface area contributed by atoms with Crippen LogP contribution in [0.25, 0.3) is 0 Å². The fourth-order valence-electron chi connectivity index (χ4n) is 3.50. The van der Waals surface area contributed by atoms with Crippen molar-refractivity contribution in [3.8, 4) is 0 Å². The lowest BCUT2D eigenvalue weighted by molar-refractivity contribution is -0.151. The summed E-state index contributed by atoms with van der Waals surface area (Å²) in [6.07, 6.45) is -1.49. The third-order valence-corrected chi connectivity index (χ3v) is 8.01. The Labute approximate surface area is 206 Å². The van der Waals surface area contributed by atoms with Gasteiger partial charge in [-0.3, -0.25) is 14.5 Å². The second-order valence-electron chi connectivity index (χ2n) is 7.40. The number of benzene rings is 1. The van der Waals surface area contributed by atoms with Crippen LogP contribution in [0.3, 0.4) is 0 Å². The second-order valence-corrected chi connectivity index (χ2v) is 10.8. The summed E-state index contributed by atoms with van der Waals surface area (Å²) in [6, 6.07) is 7.14. The number of aliphatic hydroxyl groups excluding tert-OH is 1. The highest BCUT2D eigenvalue weighted by molar-refractivity contribution is 8.01. The molecule has 1 fully saturated rings. The van der Waals surface area contributed by atoms with Gasteiger partial charge in [-0.1, -0.05) is 42.1 Å². The number of carboxylic acids is 1. The van der Waals surface area contributed by atoms with Gasteiger partial charge in [-0.15, -0.1) is 16.9 Å². The first-order valence-electron chi connectivity index (χ1n) is 9.82. The summed E-state index contributed by atoms with van der Waals surface area (Å²) in [4.78, 5) is 38.3. The molecule has 1 aromatic heterocycles. The number of nitrogens with one attached hydrogen (secondary N) is 1. The number of fused-ring (bicyclic) bond motifs is 1. The van der Waals surface area contributed by atoms with E-state index in [1.54, 1.807) is 30.3 Å². The van der Waals surface area contributed by atoms with Gasteiger partial charge in [-0.2, -0.15) is 0 Å². The molecule has 14 nitrogen and oxygen atoms in total. The van der Waals surface area contributed by atoms with Gasteiger partial charge in [0.25, 0.3) is 11.8 Å². The molecule has 1 aromatic carbocycles. The van der Waals surface area contributed by atoms with Crippen LogP contribution in [0.2, 0.25) is 0 Å². The van der Waals surface area contributed by atoms with Crippen LogP contribution < -0.4 is 5.32 Å². The van der Waals surface area contributed by atoms with E-state index in [2.05, 4.69) is 20.8 Å². The molecule has 1 saturated heterocycles. The zero-order chi connectivity index (χ0) is 25.3. The second kappa shape index (κ2) is 9.94. The normalized spacial score (nSPS) is 20.7. The predicted octanol–water partition coefficient (Wildman–Crippen LogP) is -1.26. The Bertz CT molecular complexity index is 1300. The number of aliphatic carboxylic acids is 1. The molecule has 4 rings (SSSR count). The van der Waals surface area contributed by atoms with Crippen molar-refractivity contribution in [1.82, 2.24) is 30.4 Å². The third-order valence-electron chi connectivity index (χ3n) is 5.07. The Balaban J connectivity index is 1.46. The Hall–Kier alpha value is -2.99. The number of carboxylic acid groups (broad SMARTS) is 1. The number of thioether (sulfide) groups is 2. The van der Waals surface area contributed by atoms with E-state index in [-0.39, 0.29) is 22.4 Å². The molecule has 2 aromatic rings. The molecule has 0 radical (unpaired) electrons. The summed E-state index contributed by atoms with van der Waals surface area (Å²) in [5.41, 5.74) is 0.448. The minimum Gasteiger partial charge on any atom is -0.747 e. The van der Waals surface area contributed by atoms with E-state index in [0.717, 1.165) is 21.3 Å². The van der Waals surface area contributed by atoms with E-state index < -0.39 is 51.3 Å². The molecule has 0 aliphatic carbocycles. The molecule has 0 saturated carbocycles. The van der Waals surface area contributed by atoms with Gasteiger partial charge in [0.05, 0.1) is 0 Å². The van der Waals surface area contributed by atoms with E-state index >= 15 is 0 Å². The number of carbonyl (C=O) groups excluding carboxylic acids is 2. The van der Waals surface area contributed by atoms with Gasteiger partial charge >= 0.3 is 5.97 Å². The molecule has 2 aliphatic rings. The molecule has 2 amide bonds. The minimum absolute atomic E-state index is 0.00809. The molecule has 3 N–H and O–H groups in total. The van der Waals surface area contributed by atoms with E-state index in [9.17, 15) is 37.6 Å². The average Bonchev–Trinajstić information content (AvgIpc) is 3.25. The zero-order valence-electron chi connectivity index (χ0n) is 17.5. The van der Waals surface area contributed by atoms with Gasteiger partial charge < -0.3 is 20.1 Å². The van der Waals surface area contributed by atoms with Gasteiger partial charge in [-0.05, 0) is 21.6 Å². The summed E-state index contributed by atoms with van der Waals surface area (Å²) in [7, 11) is -4.65. The SMILES string of the molecule is O=C(O)C1=C(CSc2nnnn2CS(=O)(=O)[O-])CS[C@@H]2[C@H](NC(=O)[C@H](O)c3ccccc3)C(=O)N12. The monoisotopic (exact) mass is 541 g/mol. The molecule has 17 heteroatoms.